The normalized spacial score (nSPS) is 25.6. The second-order valence-electron chi connectivity index (χ2n) is 7.38. The highest BCUT2D eigenvalue weighted by atomic mass is 19.1. The van der Waals surface area contributed by atoms with Gasteiger partial charge in [-0.15, -0.1) is 0 Å². The van der Waals surface area contributed by atoms with Crippen molar-refractivity contribution in [2.24, 2.45) is 13.0 Å². The van der Waals surface area contributed by atoms with E-state index in [1.165, 1.54) is 22.2 Å². The molecule has 128 valence electrons. The highest BCUT2D eigenvalue weighted by Crippen LogP contribution is 2.50. The molecule has 2 aromatic carbocycles. The van der Waals surface area contributed by atoms with Gasteiger partial charge in [0.2, 0.25) is 0 Å². The molecule has 1 fully saturated rings. The summed E-state index contributed by atoms with van der Waals surface area (Å²) in [6.07, 6.45) is 3.37. The van der Waals surface area contributed by atoms with Crippen LogP contribution in [0.25, 0.3) is 10.9 Å². The number of aryl methyl sites for hydroxylation is 2. The number of nitrogens with zero attached hydrogens (tertiary/aromatic N) is 1. The van der Waals surface area contributed by atoms with Crippen LogP contribution in [-0.2, 0) is 18.2 Å². The standard InChI is InChI=1S/C22H22FNO/c1-24-20-5-3-2-4-16(20)17-10-11-19-18(21(17)24)12-13-25-22(19)14-6-8-15(23)9-7-14/h2-9,18-19,22H,10-13H2,1H3/t18-,19-,22-/m0/s1. The first-order valence-electron chi connectivity index (χ1n) is 9.17. The molecular formula is C22H22FNO. The molecular weight excluding hydrogens is 313 g/mol. The third kappa shape index (κ3) is 2.26. The Morgan fingerprint density at radius 2 is 1.84 bits per heavy atom. The first kappa shape index (κ1) is 15.2. The Bertz CT molecular complexity index is 927. The molecule has 3 aromatic rings. The maximum atomic E-state index is 13.3. The number of benzene rings is 2. The van der Waals surface area contributed by atoms with Crippen molar-refractivity contribution in [2.75, 3.05) is 6.61 Å². The minimum absolute atomic E-state index is 0.0745. The number of halogens is 1. The Hall–Kier alpha value is -2.13. The zero-order chi connectivity index (χ0) is 17.0. The van der Waals surface area contributed by atoms with Gasteiger partial charge in [0, 0.05) is 36.2 Å². The van der Waals surface area contributed by atoms with Gasteiger partial charge in [0.05, 0.1) is 6.10 Å². The van der Waals surface area contributed by atoms with Crippen LogP contribution >= 0.6 is 0 Å². The molecule has 0 unspecified atom stereocenters. The molecule has 0 radical (unpaired) electrons. The van der Waals surface area contributed by atoms with Crippen molar-refractivity contribution in [2.45, 2.75) is 31.3 Å². The molecule has 2 aliphatic rings. The first-order valence-corrected chi connectivity index (χ1v) is 9.17. The Morgan fingerprint density at radius 3 is 2.68 bits per heavy atom. The highest BCUT2D eigenvalue weighted by Gasteiger charge is 2.41. The predicted molar refractivity (Wildman–Crippen MR) is 97.2 cm³/mol. The molecule has 0 amide bonds. The van der Waals surface area contributed by atoms with Gasteiger partial charge in [-0.3, -0.25) is 0 Å². The molecule has 5 rings (SSSR count). The van der Waals surface area contributed by atoms with Crippen molar-refractivity contribution in [3.8, 4) is 0 Å². The van der Waals surface area contributed by atoms with Crippen molar-refractivity contribution in [3.05, 3.63) is 71.2 Å². The van der Waals surface area contributed by atoms with Gasteiger partial charge in [0.25, 0.3) is 0 Å². The molecule has 1 aliphatic heterocycles. The topological polar surface area (TPSA) is 14.2 Å². The zero-order valence-corrected chi connectivity index (χ0v) is 14.4. The third-order valence-corrected chi connectivity index (χ3v) is 6.17. The molecule has 0 N–H and O–H groups in total. The van der Waals surface area contributed by atoms with Gasteiger partial charge in [-0.2, -0.15) is 0 Å². The lowest BCUT2D eigenvalue weighted by Crippen LogP contribution is -2.34. The highest BCUT2D eigenvalue weighted by molar-refractivity contribution is 5.86. The summed E-state index contributed by atoms with van der Waals surface area (Å²) in [5, 5.41) is 1.41. The lowest BCUT2D eigenvalue weighted by molar-refractivity contribution is -0.0471. The van der Waals surface area contributed by atoms with Crippen LogP contribution in [-0.4, -0.2) is 11.2 Å². The molecule has 25 heavy (non-hydrogen) atoms. The fourth-order valence-electron chi connectivity index (χ4n) is 5.10. The van der Waals surface area contributed by atoms with Crippen LogP contribution in [0.15, 0.2) is 48.5 Å². The first-order chi connectivity index (χ1) is 12.2. The van der Waals surface area contributed by atoms with Crippen LogP contribution in [0.3, 0.4) is 0 Å². The average Bonchev–Trinajstić information content (AvgIpc) is 2.95. The molecule has 1 aliphatic carbocycles. The van der Waals surface area contributed by atoms with Crippen molar-refractivity contribution in [3.63, 3.8) is 0 Å². The Kier molecular flexibility index (Phi) is 3.46. The molecule has 0 saturated carbocycles. The van der Waals surface area contributed by atoms with E-state index in [0.29, 0.717) is 11.8 Å². The molecule has 1 saturated heterocycles. The summed E-state index contributed by atoms with van der Waals surface area (Å²) in [5.74, 6) is 0.801. The smallest absolute Gasteiger partial charge is 0.123 e. The second kappa shape index (κ2) is 5.70. The van der Waals surface area contributed by atoms with E-state index >= 15 is 0 Å². The minimum Gasteiger partial charge on any atom is -0.373 e. The van der Waals surface area contributed by atoms with E-state index < -0.39 is 0 Å². The maximum Gasteiger partial charge on any atom is 0.123 e. The van der Waals surface area contributed by atoms with Gasteiger partial charge in [-0.1, -0.05) is 30.3 Å². The van der Waals surface area contributed by atoms with Gasteiger partial charge >= 0.3 is 0 Å². The summed E-state index contributed by atoms with van der Waals surface area (Å²) in [5.41, 5.74) is 5.46. The number of rotatable bonds is 1. The summed E-state index contributed by atoms with van der Waals surface area (Å²) in [7, 11) is 2.20. The number of hydrogen-bond acceptors (Lipinski definition) is 1. The number of hydrogen-bond donors (Lipinski definition) is 0. The minimum atomic E-state index is -0.185. The zero-order valence-electron chi connectivity index (χ0n) is 14.4. The Morgan fingerprint density at radius 1 is 1.04 bits per heavy atom. The quantitative estimate of drug-likeness (QED) is 0.602. The Balaban J connectivity index is 1.59. The van der Waals surface area contributed by atoms with E-state index in [0.717, 1.165) is 31.4 Å². The predicted octanol–water partition coefficient (Wildman–Crippen LogP) is 5.13. The molecule has 0 bridgehead atoms. The lowest BCUT2D eigenvalue weighted by atomic mass is 9.71. The fraction of sp³-hybridized carbons (Fsp3) is 0.364. The Labute approximate surface area is 147 Å². The largest absolute Gasteiger partial charge is 0.373 e. The van der Waals surface area contributed by atoms with Gasteiger partial charge < -0.3 is 9.30 Å². The fourth-order valence-corrected chi connectivity index (χ4v) is 5.10. The molecule has 3 atom stereocenters. The summed E-state index contributed by atoms with van der Waals surface area (Å²) in [6.45, 7) is 0.768. The average molecular weight is 335 g/mol. The summed E-state index contributed by atoms with van der Waals surface area (Å²) < 4.78 is 21.9. The number of fused-ring (bicyclic) bond motifs is 5. The van der Waals surface area contributed by atoms with Crippen LogP contribution in [0.5, 0.6) is 0 Å². The van der Waals surface area contributed by atoms with Crippen LogP contribution in [0.4, 0.5) is 4.39 Å². The van der Waals surface area contributed by atoms with E-state index in [9.17, 15) is 4.39 Å². The van der Waals surface area contributed by atoms with E-state index in [4.69, 9.17) is 4.74 Å². The van der Waals surface area contributed by atoms with E-state index in [1.807, 2.05) is 12.1 Å². The van der Waals surface area contributed by atoms with E-state index in [-0.39, 0.29) is 11.9 Å². The van der Waals surface area contributed by atoms with Crippen molar-refractivity contribution in [1.82, 2.24) is 4.57 Å². The van der Waals surface area contributed by atoms with Crippen LogP contribution in [0.2, 0.25) is 0 Å². The van der Waals surface area contributed by atoms with Crippen molar-refractivity contribution >= 4 is 10.9 Å². The van der Waals surface area contributed by atoms with Crippen LogP contribution in [0, 0.1) is 11.7 Å². The molecule has 0 spiro atoms. The summed E-state index contributed by atoms with van der Waals surface area (Å²) in [4.78, 5) is 0. The monoisotopic (exact) mass is 335 g/mol. The van der Waals surface area contributed by atoms with Crippen molar-refractivity contribution < 1.29 is 9.13 Å². The number of ether oxygens (including phenoxy) is 1. The van der Waals surface area contributed by atoms with Gasteiger partial charge in [0.1, 0.15) is 5.82 Å². The van der Waals surface area contributed by atoms with Gasteiger partial charge in [0.15, 0.2) is 0 Å². The van der Waals surface area contributed by atoms with E-state index in [2.05, 4.69) is 35.9 Å². The summed E-state index contributed by atoms with van der Waals surface area (Å²) >= 11 is 0. The second-order valence-corrected chi connectivity index (χ2v) is 7.38. The summed E-state index contributed by atoms with van der Waals surface area (Å²) in [6, 6.07) is 15.6. The van der Waals surface area contributed by atoms with Crippen LogP contribution in [0.1, 0.15) is 41.7 Å². The molecule has 3 heteroatoms. The molecule has 2 nitrogen and oxygen atoms in total. The third-order valence-electron chi connectivity index (χ3n) is 6.17. The number of para-hydroxylation sites is 1. The molecule has 2 heterocycles. The SMILES string of the molecule is Cn1c2c(c3ccccc31)CC[C@H]1[C@@H]2CCO[C@H]1c1ccc(F)cc1. The maximum absolute atomic E-state index is 13.3. The van der Waals surface area contributed by atoms with Crippen LogP contribution < -0.4 is 0 Å². The van der Waals surface area contributed by atoms with E-state index in [1.54, 1.807) is 12.1 Å². The number of aromatic nitrogens is 1. The van der Waals surface area contributed by atoms with Gasteiger partial charge in [-0.25, -0.2) is 4.39 Å². The van der Waals surface area contributed by atoms with Gasteiger partial charge in [-0.05, 0) is 54.5 Å². The molecule has 1 aromatic heterocycles. The van der Waals surface area contributed by atoms with Crippen molar-refractivity contribution in [1.29, 1.82) is 0 Å². The lowest BCUT2D eigenvalue weighted by Gasteiger charge is -2.42.